The fourth-order valence-corrected chi connectivity index (χ4v) is 4.21. The minimum absolute atomic E-state index is 0.0322. The van der Waals surface area contributed by atoms with Crippen LogP contribution in [0.15, 0.2) is 42.5 Å². The average Bonchev–Trinajstić information content (AvgIpc) is 3.09. The fraction of sp³-hybridized carbons (Fsp3) is 0.240. The van der Waals surface area contributed by atoms with E-state index in [1.807, 2.05) is 60.9 Å². The summed E-state index contributed by atoms with van der Waals surface area (Å²) in [5.74, 6) is 1.21. The highest BCUT2D eigenvalue weighted by Gasteiger charge is 2.23. The molecular formula is C25H23ClN4O4. The van der Waals surface area contributed by atoms with Crippen LogP contribution >= 0.6 is 11.6 Å². The fourth-order valence-electron chi connectivity index (χ4n) is 4.03. The first-order chi connectivity index (χ1) is 16.5. The highest BCUT2D eigenvalue weighted by molar-refractivity contribution is 6.30. The van der Waals surface area contributed by atoms with E-state index in [4.69, 9.17) is 25.8 Å². The van der Waals surface area contributed by atoms with Crippen LogP contribution in [0.1, 0.15) is 28.8 Å². The van der Waals surface area contributed by atoms with Gasteiger partial charge in [0, 0.05) is 28.2 Å². The van der Waals surface area contributed by atoms with Gasteiger partial charge in [-0.05, 0) is 56.7 Å². The molecule has 1 aliphatic heterocycles. The lowest BCUT2D eigenvalue weighted by molar-refractivity contribution is 0.0512. The van der Waals surface area contributed by atoms with Crippen LogP contribution in [-0.4, -0.2) is 40.3 Å². The maximum Gasteiger partial charge on any atom is 0.376 e. The van der Waals surface area contributed by atoms with Gasteiger partial charge in [-0.25, -0.2) is 14.8 Å². The van der Waals surface area contributed by atoms with Gasteiger partial charge < -0.3 is 19.5 Å². The molecule has 5 rings (SSSR count). The summed E-state index contributed by atoms with van der Waals surface area (Å²) in [4.78, 5) is 21.8. The van der Waals surface area contributed by atoms with Gasteiger partial charge in [0.05, 0.1) is 12.0 Å². The number of ether oxygens (including phenoxy) is 3. The van der Waals surface area contributed by atoms with Gasteiger partial charge in [-0.2, -0.15) is 0 Å². The molecule has 0 spiro atoms. The second-order valence-electron chi connectivity index (χ2n) is 7.82. The maximum atomic E-state index is 12.6. The van der Waals surface area contributed by atoms with Crippen molar-refractivity contribution in [1.82, 2.24) is 14.5 Å². The topological polar surface area (TPSA) is 87.5 Å². The molecule has 4 aromatic rings. The lowest BCUT2D eigenvalue weighted by Gasteiger charge is -2.19. The van der Waals surface area contributed by atoms with E-state index in [9.17, 15) is 4.79 Å². The Morgan fingerprint density at radius 3 is 2.68 bits per heavy atom. The summed E-state index contributed by atoms with van der Waals surface area (Å²) >= 11 is 6.27. The number of aromatic nitrogens is 3. The van der Waals surface area contributed by atoms with Gasteiger partial charge in [0.25, 0.3) is 0 Å². The van der Waals surface area contributed by atoms with E-state index in [2.05, 4.69) is 15.3 Å². The lowest BCUT2D eigenvalue weighted by atomic mass is 10.2. The summed E-state index contributed by atoms with van der Waals surface area (Å²) in [6, 6.07) is 13.1. The standard InChI is InChI=1S/C25H23ClN4O4/c1-4-32-25(31)23-28-22(27-17-8-9-19-20(13-17)34-11-10-33-19)21-14(2)15(3)30(24(21)29-23)18-7-5-6-16(26)12-18/h5-9,12-13H,4,10-11H2,1-3H3,(H,27,28,29). The number of esters is 1. The van der Waals surface area contributed by atoms with Crippen LogP contribution in [0.25, 0.3) is 16.7 Å². The van der Waals surface area contributed by atoms with Crippen molar-refractivity contribution in [3.8, 4) is 17.2 Å². The molecule has 8 nitrogen and oxygen atoms in total. The van der Waals surface area contributed by atoms with Crippen molar-refractivity contribution < 1.29 is 19.0 Å². The third-order valence-corrected chi connectivity index (χ3v) is 5.92. The number of rotatable bonds is 5. The van der Waals surface area contributed by atoms with E-state index in [1.54, 1.807) is 6.92 Å². The smallest absolute Gasteiger partial charge is 0.376 e. The van der Waals surface area contributed by atoms with Crippen molar-refractivity contribution in [3.05, 3.63) is 64.6 Å². The minimum Gasteiger partial charge on any atom is -0.486 e. The summed E-state index contributed by atoms with van der Waals surface area (Å²) in [6.45, 7) is 6.97. The summed E-state index contributed by atoms with van der Waals surface area (Å²) < 4.78 is 18.5. The van der Waals surface area contributed by atoms with Crippen molar-refractivity contribution in [2.75, 3.05) is 25.1 Å². The zero-order valence-corrected chi connectivity index (χ0v) is 19.8. The molecule has 0 fully saturated rings. The highest BCUT2D eigenvalue weighted by atomic mass is 35.5. The van der Waals surface area contributed by atoms with Crippen LogP contribution in [0.2, 0.25) is 5.02 Å². The van der Waals surface area contributed by atoms with Crippen LogP contribution < -0.4 is 14.8 Å². The van der Waals surface area contributed by atoms with Crippen LogP contribution in [0.5, 0.6) is 11.5 Å². The molecule has 0 amide bonds. The molecule has 34 heavy (non-hydrogen) atoms. The Kier molecular flexibility index (Phi) is 5.75. The number of nitrogens with one attached hydrogen (secondary N) is 1. The molecule has 0 saturated carbocycles. The molecule has 0 radical (unpaired) electrons. The zero-order chi connectivity index (χ0) is 23.8. The van der Waals surface area contributed by atoms with Gasteiger partial charge in [-0.3, -0.25) is 4.57 Å². The number of benzene rings is 2. The van der Waals surface area contributed by atoms with Gasteiger partial charge in [0.1, 0.15) is 19.0 Å². The van der Waals surface area contributed by atoms with Crippen LogP contribution in [0.3, 0.4) is 0 Å². The van der Waals surface area contributed by atoms with Gasteiger partial charge in [-0.15, -0.1) is 0 Å². The first-order valence-corrected chi connectivity index (χ1v) is 11.3. The predicted molar refractivity (Wildman–Crippen MR) is 130 cm³/mol. The molecule has 2 aromatic heterocycles. The van der Waals surface area contributed by atoms with E-state index in [1.165, 1.54) is 0 Å². The summed E-state index contributed by atoms with van der Waals surface area (Å²) in [6.07, 6.45) is 0. The van der Waals surface area contributed by atoms with Gasteiger partial charge in [0.2, 0.25) is 5.82 Å². The zero-order valence-electron chi connectivity index (χ0n) is 19.0. The van der Waals surface area contributed by atoms with Crippen LogP contribution in [0.4, 0.5) is 11.5 Å². The predicted octanol–water partition coefficient (Wildman–Crippen LogP) is 5.38. The van der Waals surface area contributed by atoms with Crippen molar-refractivity contribution >= 4 is 40.1 Å². The number of carbonyl (C=O) groups is 1. The Balaban J connectivity index is 1.70. The lowest BCUT2D eigenvalue weighted by Crippen LogP contribution is -2.15. The van der Waals surface area contributed by atoms with E-state index in [0.717, 1.165) is 28.0 Å². The second kappa shape index (κ2) is 8.87. The molecule has 9 heteroatoms. The Hall–Kier alpha value is -3.78. The average molecular weight is 479 g/mol. The molecule has 0 unspecified atom stereocenters. The van der Waals surface area contributed by atoms with Gasteiger partial charge >= 0.3 is 5.97 Å². The summed E-state index contributed by atoms with van der Waals surface area (Å²) in [7, 11) is 0. The van der Waals surface area contributed by atoms with Crippen LogP contribution in [0, 0.1) is 13.8 Å². The Morgan fingerprint density at radius 1 is 1.12 bits per heavy atom. The molecule has 0 atom stereocenters. The highest BCUT2D eigenvalue weighted by Crippen LogP contribution is 2.37. The quantitative estimate of drug-likeness (QED) is 0.385. The van der Waals surface area contributed by atoms with Gasteiger partial charge in [-0.1, -0.05) is 17.7 Å². The van der Waals surface area contributed by atoms with Crippen molar-refractivity contribution in [2.24, 2.45) is 0 Å². The molecule has 0 saturated heterocycles. The van der Waals surface area contributed by atoms with E-state index >= 15 is 0 Å². The number of aryl methyl sites for hydroxylation is 1. The number of carbonyl (C=O) groups excluding carboxylic acids is 1. The van der Waals surface area contributed by atoms with Gasteiger partial charge in [0.15, 0.2) is 17.1 Å². The van der Waals surface area contributed by atoms with Crippen molar-refractivity contribution in [3.63, 3.8) is 0 Å². The molecule has 2 aromatic carbocycles. The molecule has 1 N–H and O–H groups in total. The first-order valence-electron chi connectivity index (χ1n) is 11.0. The molecule has 3 heterocycles. The Bertz CT molecular complexity index is 1420. The van der Waals surface area contributed by atoms with E-state index in [-0.39, 0.29) is 12.4 Å². The van der Waals surface area contributed by atoms with Crippen LogP contribution in [-0.2, 0) is 4.74 Å². The number of anilines is 2. The number of nitrogens with zero attached hydrogens (tertiary/aromatic N) is 3. The largest absolute Gasteiger partial charge is 0.486 e. The van der Waals surface area contributed by atoms with E-state index in [0.29, 0.717) is 41.2 Å². The van der Waals surface area contributed by atoms with Crippen molar-refractivity contribution in [2.45, 2.75) is 20.8 Å². The summed E-state index contributed by atoms with van der Waals surface area (Å²) in [5, 5.41) is 4.74. The van der Waals surface area contributed by atoms with Crippen molar-refractivity contribution in [1.29, 1.82) is 0 Å². The molecule has 0 aliphatic carbocycles. The van der Waals surface area contributed by atoms with E-state index < -0.39 is 5.97 Å². The number of hydrogen-bond acceptors (Lipinski definition) is 7. The summed E-state index contributed by atoms with van der Waals surface area (Å²) in [5.41, 5.74) is 4.09. The third kappa shape index (κ3) is 3.90. The molecule has 174 valence electrons. The number of hydrogen-bond donors (Lipinski definition) is 1. The third-order valence-electron chi connectivity index (χ3n) is 5.68. The first kappa shape index (κ1) is 22.0. The normalized spacial score (nSPS) is 12.6. The minimum atomic E-state index is -0.594. The molecule has 1 aliphatic rings. The Labute approximate surface area is 201 Å². The number of fused-ring (bicyclic) bond motifs is 2. The molecule has 0 bridgehead atoms. The maximum absolute atomic E-state index is 12.6. The Morgan fingerprint density at radius 2 is 1.91 bits per heavy atom. The second-order valence-corrected chi connectivity index (χ2v) is 8.26. The molecular weight excluding hydrogens is 456 g/mol. The SMILES string of the molecule is CCOC(=O)c1nc(Nc2ccc3c(c2)OCCO3)c2c(C)c(C)n(-c3cccc(Cl)c3)c2n1. The monoisotopic (exact) mass is 478 g/mol. The number of halogens is 1.